The third-order valence-electron chi connectivity index (χ3n) is 17.4. The number of aliphatic hydroxyl groups is 1. The van der Waals surface area contributed by atoms with Gasteiger partial charge in [0.25, 0.3) is 0 Å². The van der Waals surface area contributed by atoms with Crippen molar-refractivity contribution < 1.29 is 80.2 Å². The van der Waals surface area contributed by atoms with Gasteiger partial charge in [0.15, 0.2) is 12.2 Å². The van der Waals surface area contributed by atoms with Gasteiger partial charge < -0.3 is 33.8 Å². The Kier molecular flexibility index (Phi) is 62.7. The number of carbonyl (C=O) groups excluding carboxylic acids is 4. The number of aliphatic hydroxyl groups excluding tert-OH is 1. The summed E-state index contributed by atoms with van der Waals surface area (Å²) in [5.41, 5.74) is 0. The highest BCUT2D eigenvalue weighted by molar-refractivity contribution is 7.47. The molecule has 0 aliphatic rings. The Labute approximate surface area is 556 Å². The molecule has 0 aliphatic heterocycles. The lowest BCUT2D eigenvalue weighted by Crippen LogP contribution is -2.30. The Morgan fingerprint density at radius 2 is 0.527 bits per heavy atom. The molecule has 0 aromatic carbocycles. The molecule has 540 valence electrons. The highest BCUT2D eigenvalue weighted by Gasteiger charge is 2.30. The van der Waals surface area contributed by atoms with Crippen molar-refractivity contribution in [1.29, 1.82) is 0 Å². The number of ether oxygens (including phenoxy) is 4. The zero-order chi connectivity index (χ0) is 67.2. The zero-order valence-electron chi connectivity index (χ0n) is 59.1. The molecule has 0 bridgehead atoms. The molecule has 0 aromatic heterocycles. The van der Waals surface area contributed by atoms with E-state index in [9.17, 15) is 43.2 Å². The molecule has 17 nitrogen and oxygen atoms in total. The summed E-state index contributed by atoms with van der Waals surface area (Å²) in [6.45, 7) is 9.46. The van der Waals surface area contributed by atoms with Crippen molar-refractivity contribution in [2.24, 2.45) is 11.8 Å². The van der Waals surface area contributed by atoms with E-state index >= 15 is 0 Å². The fourth-order valence-electron chi connectivity index (χ4n) is 10.9. The van der Waals surface area contributed by atoms with Gasteiger partial charge in [-0.05, 0) is 37.5 Å². The third kappa shape index (κ3) is 63.9. The molecule has 4 unspecified atom stereocenters. The van der Waals surface area contributed by atoms with Crippen LogP contribution in [-0.4, -0.2) is 96.7 Å². The summed E-state index contributed by atoms with van der Waals surface area (Å²) in [5.74, 6) is -0.675. The van der Waals surface area contributed by atoms with Gasteiger partial charge in [-0.15, -0.1) is 0 Å². The van der Waals surface area contributed by atoms with E-state index < -0.39 is 97.5 Å². The molecule has 0 aromatic rings. The van der Waals surface area contributed by atoms with E-state index in [0.29, 0.717) is 25.7 Å². The van der Waals surface area contributed by atoms with Gasteiger partial charge in [0.2, 0.25) is 0 Å². The van der Waals surface area contributed by atoms with Gasteiger partial charge >= 0.3 is 39.5 Å². The van der Waals surface area contributed by atoms with Crippen molar-refractivity contribution >= 4 is 39.5 Å². The van der Waals surface area contributed by atoms with Crippen LogP contribution < -0.4 is 0 Å². The van der Waals surface area contributed by atoms with E-state index in [1.807, 2.05) is 0 Å². The van der Waals surface area contributed by atoms with Crippen LogP contribution in [0.15, 0.2) is 0 Å². The van der Waals surface area contributed by atoms with E-state index in [0.717, 1.165) is 108 Å². The number of hydrogen-bond donors (Lipinski definition) is 3. The number of unbranched alkanes of at least 4 members (excludes halogenated alkanes) is 39. The molecule has 3 N–H and O–H groups in total. The lowest BCUT2D eigenvalue weighted by atomic mass is 10.00. The first-order chi connectivity index (χ1) is 43.9. The Balaban J connectivity index is 5.19. The van der Waals surface area contributed by atoms with Crippen molar-refractivity contribution in [2.45, 2.75) is 387 Å². The van der Waals surface area contributed by atoms with Crippen LogP contribution in [0.1, 0.15) is 369 Å². The summed E-state index contributed by atoms with van der Waals surface area (Å²) in [7, 11) is -9.90. The Hall–Kier alpha value is -1.94. The van der Waals surface area contributed by atoms with Gasteiger partial charge in [-0.1, -0.05) is 318 Å². The molecule has 0 fully saturated rings. The summed E-state index contributed by atoms with van der Waals surface area (Å²) in [4.78, 5) is 72.5. The van der Waals surface area contributed by atoms with Crippen LogP contribution in [0.4, 0.5) is 0 Å². The lowest BCUT2D eigenvalue weighted by Gasteiger charge is -2.21. The molecule has 0 rings (SSSR count). The fraction of sp³-hybridized carbons (Fsp3) is 0.944. The second kappa shape index (κ2) is 64.1. The first kappa shape index (κ1) is 89.1. The van der Waals surface area contributed by atoms with Gasteiger partial charge in [-0.3, -0.25) is 37.3 Å². The average Bonchev–Trinajstić information content (AvgIpc) is 2.84. The Morgan fingerprint density at radius 3 is 0.780 bits per heavy atom. The summed E-state index contributed by atoms with van der Waals surface area (Å²) in [6, 6.07) is 0. The molecule has 0 saturated carbocycles. The molecule has 0 aliphatic carbocycles. The minimum absolute atomic E-state index is 0.102. The van der Waals surface area contributed by atoms with Crippen molar-refractivity contribution in [3.05, 3.63) is 0 Å². The predicted octanol–water partition coefficient (Wildman–Crippen LogP) is 20.8. The predicted molar refractivity (Wildman–Crippen MR) is 368 cm³/mol. The van der Waals surface area contributed by atoms with Crippen molar-refractivity contribution in [2.75, 3.05) is 39.6 Å². The number of hydrogen-bond acceptors (Lipinski definition) is 15. The smallest absolute Gasteiger partial charge is 0.462 e. The first-order valence-electron chi connectivity index (χ1n) is 37.6. The maximum atomic E-state index is 13.0. The molecule has 0 saturated heterocycles. The first-order valence-corrected chi connectivity index (χ1v) is 40.6. The molecule has 0 radical (unpaired) electrons. The molecular weight excluding hydrogens is 1200 g/mol. The van der Waals surface area contributed by atoms with Crippen molar-refractivity contribution in [3.8, 4) is 0 Å². The number of esters is 4. The monoisotopic (exact) mass is 1340 g/mol. The SMILES string of the molecule is CCCCCCCCCCCCCCCCCCCCCCC(=O)O[C@H](COC(=O)CCCCCCCCCCCCC)COP(=O)(O)OC[C@@H](O)COP(=O)(O)OC[C@@H](COC(=O)CCCCCCCCC(C)CC)OC(=O)CCCCCCCCC(C)CC. The van der Waals surface area contributed by atoms with Crippen LogP contribution in [0.5, 0.6) is 0 Å². The molecule has 0 amide bonds. The summed E-state index contributed by atoms with van der Waals surface area (Å²) >= 11 is 0. The average molecular weight is 1340 g/mol. The second-order valence-corrected chi connectivity index (χ2v) is 29.4. The summed E-state index contributed by atoms with van der Waals surface area (Å²) < 4.78 is 68.3. The van der Waals surface area contributed by atoms with Crippen LogP contribution in [0.2, 0.25) is 0 Å². The maximum Gasteiger partial charge on any atom is 0.472 e. The number of rotatable bonds is 71. The molecule has 0 spiro atoms. The highest BCUT2D eigenvalue weighted by Crippen LogP contribution is 2.45. The minimum atomic E-state index is -4.95. The van der Waals surface area contributed by atoms with Crippen LogP contribution in [0.25, 0.3) is 0 Å². The van der Waals surface area contributed by atoms with E-state index in [1.165, 1.54) is 180 Å². The molecule has 7 atom stereocenters. The standard InChI is InChI=1S/C72H140O17P2/c1-7-11-13-15-17-19-21-22-23-24-25-26-27-28-29-31-33-35-44-50-56-71(76)88-67(60-82-69(74)54-48-42-34-32-30-20-18-16-14-12-8-2)62-86-90(78,79)84-58-66(73)59-85-91(80,81)87-63-68(89-72(77)57-51-45-39-37-41-47-53-65(6)10-4)61-83-70(75)55-49-43-38-36-40-46-52-64(5)9-3/h64-68,73H,7-63H2,1-6H3,(H,78,79)(H,80,81)/t64?,65?,66-,67-,68-/m1/s1. The molecular formula is C72H140O17P2. The normalized spacial score (nSPS) is 14.7. The third-order valence-corrected chi connectivity index (χ3v) is 19.3. The topological polar surface area (TPSA) is 237 Å². The molecule has 0 heterocycles. The minimum Gasteiger partial charge on any atom is -0.462 e. The Bertz CT molecular complexity index is 1770. The van der Waals surface area contributed by atoms with Gasteiger partial charge in [0.1, 0.15) is 19.3 Å². The van der Waals surface area contributed by atoms with Crippen LogP contribution in [0, 0.1) is 11.8 Å². The lowest BCUT2D eigenvalue weighted by molar-refractivity contribution is -0.161. The molecule has 19 heteroatoms. The van der Waals surface area contributed by atoms with Crippen LogP contribution in [0.3, 0.4) is 0 Å². The van der Waals surface area contributed by atoms with Crippen molar-refractivity contribution in [1.82, 2.24) is 0 Å². The van der Waals surface area contributed by atoms with Crippen LogP contribution in [-0.2, 0) is 65.4 Å². The van der Waals surface area contributed by atoms with Crippen LogP contribution >= 0.6 is 15.6 Å². The van der Waals surface area contributed by atoms with Gasteiger partial charge in [0, 0.05) is 25.7 Å². The summed E-state index contributed by atoms with van der Waals surface area (Å²) in [6.07, 6.45) is 50.1. The maximum absolute atomic E-state index is 13.0. The largest absolute Gasteiger partial charge is 0.472 e. The van der Waals surface area contributed by atoms with Gasteiger partial charge in [0.05, 0.1) is 26.4 Å². The number of carbonyl (C=O) groups is 4. The van der Waals surface area contributed by atoms with Gasteiger partial charge in [-0.25, -0.2) is 9.13 Å². The second-order valence-electron chi connectivity index (χ2n) is 26.5. The van der Waals surface area contributed by atoms with E-state index in [2.05, 4.69) is 41.5 Å². The van der Waals surface area contributed by atoms with E-state index in [4.69, 9.17) is 37.0 Å². The zero-order valence-corrected chi connectivity index (χ0v) is 60.9. The number of phosphoric ester groups is 2. The van der Waals surface area contributed by atoms with Crippen molar-refractivity contribution in [3.63, 3.8) is 0 Å². The van der Waals surface area contributed by atoms with E-state index in [1.54, 1.807) is 0 Å². The Morgan fingerprint density at radius 1 is 0.308 bits per heavy atom. The fourth-order valence-corrected chi connectivity index (χ4v) is 12.5. The van der Waals surface area contributed by atoms with E-state index in [-0.39, 0.29) is 25.7 Å². The highest BCUT2D eigenvalue weighted by atomic mass is 31.2. The quantitative estimate of drug-likeness (QED) is 0.0222. The number of phosphoric acid groups is 2. The summed E-state index contributed by atoms with van der Waals surface area (Å²) in [5, 5.41) is 10.6. The molecule has 91 heavy (non-hydrogen) atoms. The van der Waals surface area contributed by atoms with Gasteiger partial charge in [-0.2, -0.15) is 0 Å².